The molecular weight excluding hydrogens is 192 g/mol. The van der Waals surface area contributed by atoms with Crippen molar-refractivity contribution >= 4 is 5.91 Å². The zero-order valence-corrected chi connectivity index (χ0v) is 9.79. The van der Waals surface area contributed by atoms with Crippen LogP contribution < -0.4 is 5.32 Å². The van der Waals surface area contributed by atoms with E-state index in [0.717, 1.165) is 39.0 Å². The highest BCUT2D eigenvalue weighted by molar-refractivity contribution is 5.75. The Balaban J connectivity index is 2.14. The first kappa shape index (κ1) is 12.5. The fourth-order valence-electron chi connectivity index (χ4n) is 1.80. The van der Waals surface area contributed by atoms with Gasteiger partial charge in [-0.25, -0.2) is 0 Å². The molecule has 0 radical (unpaired) electrons. The number of hydrogen-bond acceptors (Lipinski definition) is 3. The molecule has 4 nitrogen and oxygen atoms in total. The van der Waals surface area contributed by atoms with Crippen LogP contribution in [-0.4, -0.2) is 50.7 Å². The summed E-state index contributed by atoms with van der Waals surface area (Å²) in [6.07, 6.45) is 4.03. The molecule has 1 fully saturated rings. The molecule has 0 saturated carbocycles. The van der Waals surface area contributed by atoms with E-state index in [1.807, 2.05) is 14.1 Å². The maximum atomic E-state index is 11.6. The molecule has 0 bridgehead atoms. The number of amides is 1. The second-order valence-corrected chi connectivity index (χ2v) is 4.12. The topological polar surface area (TPSA) is 41.6 Å². The van der Waals surface area contributed by atoms with Crippen LogP contribution in [0.15, 0.2) is 0 Å². The average molecular weight is 214 g/mol. The monoisotopic (exact) mass is 214 g/mol. The first-order chi connectivity index (χ1) is 7.24. The van der Waals surface area contributed by atoms with Crippen LogP contribution in [0.4, 0.5) is 0 Å². The van der Waals surface area contributed by atoms with Crippen LogP contribution in [0.2, 0.25) is 0 Å². The third kappa shape index (κ3) is 4.62. The Morgan fingerprint density at radius 2 is 2.40 bits per heavy atom. The smallest absolute Gasteiger partial charge is 0.222 e. The van der Waals surface area contributed by atoms with E-state index in [-0.39, 0.29) is 12.0 Å². The average Bonchev–Trinajstić information content (AvgIpc) is 2.70. The van der Waals surface area contributed by atoms with Crippen molar-refractivity contribution in [2.75, 3.05) is 33.8 Å². The number of ether oxygens (including phenoxy) is 1. The van der Waals surface area contributed by atoms with Gasteiger partial charge in [-0.15, -0.1) is 0 Å². The number of nitrogens with zero attached hydrogens (tertiary/aromatic N) is 1. The van der Waals surface area contributed by atoms with E-state index in [2.05, 4.69) is 5.32 Å². The minimum absolute atomic E-state index is 0.223. The van der Waals surface area contributed by atoms with Gasteiger partial charge in [-0.3, -0.25) is 4.79 Å². The minimum Gasteiger partial charge on any atom is -0.376 e. The fraction of sp³-hybridized carbons (Fsp3) is 0.909. The van der Waals surface area contributed by atoms with E-state index in [1.165, 1.54) is 0 Å². The summed E-state index contributed by atoms with van der Waals surface area (Å²) < 4.78 is 5.49. The fourth-order valence-corrected chi connectivity index (χ4v) is 1.80. The van der Waals surface area contributed by atoms with Gasteiger partial charge < -0.3 is 15.0 Å². The normalized spacial score (nSPS) is 20.5. The third-order valence-corrected chi connectivity index (χ3v) is 2.74. The van der Waals surface area contributed by atoms with Gasteiger partial charge in [-0.1, -0.05) is 0 Å². The molecule has 1 N–H and O–H groups in total. The van der Waals surface area contributed by atoms with E-state index in [4.69, 9.17) is 4.74 Å². The molecule has 4 heteroatoms. The van der Waals surface area contributed by atoms with E-state index >= 15 is 0 Å². The first-order valence-electron chi connectivity index (χ1n) is 5.74. The van der Waals surface area contributed by atoms with Gasteiger partial charge in [0.25, 0.3) is 0 Å². The van der Waals surface area contributed by atoms with E-state index in [9.17, 15) is 4.79 Å². The number of likely N-dealkylation sites (N-methyl/N-ethyl adjacent to an activating group) is 1. The lowest BCUT2D eigenvalue weighted by Gasteiger charge is -2.20. The molecule has 1 unspecified atom stereocenters. The molecule has 15 heavy (non-hydrogen) atoms. The molecule has 88 valence electrons. The Morgan fingerprint density at radius 1 is 1.60 bits per heavy atom. The summed E-state index contributed by atoms with van der Waals surface area (Å²) in [6.45, 7) is 2.50. The highest BCUT2D eigenvalue weighted by atomic mass is 16.5. The van der Waals surface area contributed by atoms with Crippen LogP contribution >= 0.6 is 0 Å². The third-order valence-electron chi connectivity index (χ3n) is 2.74. The van der Waals surface area contributed by atoms with Gasteiger partial charge in [-0.05, 0) is 32.9 Å². The van der Waals surface area contributed by atoms with Crippen molar-refractivity contribution in [1.82, 2.24) is 10.2 Å². The highest BCUT2D eigenvalue weighted by Crippen LogP contribution is 2.13. The molecule has 0 aliphatic carbocycles. The van der Waals surface area contributed by atoms with Gasteiger partial charge in [0.15, 0.2) is 0 Å². The molecule has 1 rings (SSSR count). The molecule has 1 saturated heterocycles. The number of nitrogens with one attached hydrogen (secondary N) is 1. The summed E-state index contributed by atoms with van der Waals surface area (Å²) in [5, 5.41) is 3.04. The van der Waals surface area contributed by atoms with Crippen LogP contribution in [0, 0.1) is 0 Å². The zero-order valence-electron chi connectivity index (χ0n) is 9.79. The molecule has 0 spiro atoms. The van der Waals surface area contributed by atoms with Crippen molar-refractivity contribution in [3.63, 3.8) is 0 Å². The van der Waals surface area contributed by atoms with Gasteiger partial charge in [0.2, 0.25) is 5.91 Å². The van der Waals surface area contributed by atoms with Crippen molar-refractivity contribution in [2.24, 2.45) is 0 Å². The number of rotatable bonds is 6. The van der Waals surface area contributed by atoms with Crippen LogP contribution in [0.3, 0.4) is 0 Å². The van der Waals surface area contributed by atoms with Crippen molar-refractivity contribution in [1.29, 1.82) is 0 Å². The molecule has 0 aromatic heterocycles. The van der Waals surface area contributed by atoms with E-state index in [1.54, 1.807) is 4.90 Å². The van der Waals surface area contributed by atoms with Gasteiger partial charge in [0.05, 0.1) is 6.10 Å². The molecule has 1 heterocycles. The van der Waals surface area contributed by atoms with Crippen LogP contribution in [0.1, 0.15) is 25.7 Å². The summed E-state index contributed by atoms with van der Waals surface area (Å²) in [5.74, 6) is 0.223. The summed E-state index contributed by atoms with van der Waals surface area (Å²) >= 11 is 0. The summed E-state index contributed by atoms with van der Waals surface area (Å²) in [5.41, 5.74) is 0. The van der Waals surface area contributed by atoms with Crippen molar-refractivity contribution < 1.29 is 9.53 Å². The molecule has 1 aliphatic heterocycles. The predicted molar refractivity (Wildman–Crippen MR) is 59.8 cm³/mol. The Labute approximate surface area is 92.0 Å². The van der Waals surface area contributed by atoms with E-state index < -0.39 is 0 Å². The lowest BCUT2D eigenvalue weighted by Crippen LogP contribution is -2.34. The van der Waals surface area contributed by atoms with E-state index in [0.29, 0.717) is 6.42 Å². The maximum Gasteiger partial charge on any atom is 0.222 e. The Bertz CT molecular complexity index is 191. The van der Waals surface area contributed by atoms with Crippen molar-refractivity contribution in [3.05, 3.63) is 0 Å². The van der Waals surface area contributed by atoms with Gasteiger partial charge in [0.1, 0.15) is 0 Å². The Kier molecular flexibility index (Phi) is 5.65. The number of hydrogen-bond donors (Lipinski definition) is 1. The summed E-state index contributed by atoms with van der Waals surface area (Å²) in [7, 11) is 3.77. The Morgan fingerprint density at radius 3 is 3.00 bits per heavy atom. The number of carbonyl (C=O) groups excluding carboxylic acids is 1. The zero-order chi connectivity index (χ0) is 11.1. The molecular formula is C11H22N2O2. The standard InChI is InChI=1S/C11H22N2O2/c1-12-7-3-6-11(14)13(2)9-10-5-4-8-15-10/h10,12H,3-9H2,1-2H3. The largest absolute Gasteiger partial charge is 0.376 e. The molecule has 0 aromatic rings. The van der Waals surface area contributed by atoms with Gasteiger partial charge in [0, 0.05) is 26.6 Å². The predicted octanol–water partition coefficient (Wildman–Crippen LogP) is 0.623. The number of carbonyl (C=O) groups is 1. The second-order valence-electron chi connectivity index (χ2n) is 4.12. The molecule has 1 amide bonds. The molecule has 0 aromatic carbocycles. The SMILES string of the molecule is CNCCCC(=O)N(C)CC1CCCO1. The summed E-state index contributed by atoms with van der Waals surface area (Å²) in [6, 6.07) is 0. The first-order valence-corrected chi connectivity index (χ1v) is 5.74. The van der Waals surface area contributed by atoms with Crippen LogP contribution in [-0.2, 0) is 9.53 Å². The Hall–Kier alpha value is -0.610. The molecule has 1 atom stereocenters. The highest BCUT2D eigenvalue weighted by Gasteiger charge is 2.19. The lowest BCUT2D eigenvalue weighted by molar-refractivity contribution is -0.131. The lowest BCUT2D eigenvalue weighted by atomic mass is 10.2. The van der Waals surface area contributed by atoms with Crippen molar-refractivity contribution in [2.45, 2.75) is 31.8 Å². The maximum absolute atomic E-state index is 11.6. The van der Waals surface area contributed by atoms with Gasteiger partial charge in [-0.2, -0.15) is 0 Å². The molecule has 1 aliphatic rings. The van der Waals surface area contributed by atoms with Crippen molar-refractivity contribution in [3.8, 4) is 0 Å². The van der Waals surface area contributed by atoms with Crippen LogP contribution in [0.25, 0.3) is 0 Å². The van der Waals surface area contributed by atoms with Crippen LogP contribution in [0.5, 0.6) is 0 Å². The minimum atomic E-state index is 0.223. The quantitative estimate of drug-likeness (QED) is 0.659. The van der Waals surface area contributed by atoms with Gasteiger partial charge >= 0.3 is 0 Å². The second kappa shape index (κ2) is 6.80. The summed E-state index contributed by atoms with van der Waals surface area (Å²) in [4.78, 5) is 13.4.